The zero-order chi connectivity index (χ0) is 21.7. The molecule has 0 radical (unpaired) electrons. The van der Waals surface area contributed by atoms with Crippen LogP contribution in [-0.2, 0) is 13.1 Å². The first-order chi connectivity index (χ1) is 14.4. The van der Waals surface area contributed by atoms with Gasteiger partial charge in [0, 0.05) is 31.7 Å². The van der Waals surface area contributed by atoms with Crippen molar-refractivity contribution in [1.29, 1.82) is 0 Å². The van der Waals surface area contributed by atoms with Crippen LogP contribution in [0.1, 0.15) is 71.3 Å². The second kappa shape index (κ2) is 10.7. The molecule has 0 N–H and O–H groups in total. The van der Waals surface area contributed by atoms with E-state index in [0.29, 0.717) is 28.5 Å². The van der Waals surface area contributed by atoms with Crippen LogP contribution in [-0.4, -0.2) is 61.4 Å². The van der Waals surface area contributed by atoms with Crippen molar-refractivity contribution in [3.8, 4) is 11.6 Å². The number of rotatable bonds is 3. The van der Waals surface area contributed by atoms with E-state index in [1.54, 1.807) is 6.92 Å². The van der Waals surface area contributed by atoms with E-state index in [0.717, 1.165) is 37.8 Å². The van der Waals surface area contributed by atoms with Crippen molar-refractivity contribution in [2.24, 2.45) is 0 Å². The Balaban J connectivity index is 0.000000216. The predicted molar refractivity (Wildman–Crippen MR) is 121 cm³/mol. The average Bonchev–Trinajstić information content (AvgIpc) is 3.04. The normalized spacial score (nSPS) is 18.7. The molecule has 2 aliphatic heterocycles. The Labute approximate surface area is 185 Å². The number of hydrogen-bond donors (Lipinski definition) is 0. The Bertz CT molecular complexity index is 792. The van der Waals surface area contributed by atoms with Crippen LogP contribution in [0.25, 0.3) is 11.6 Å². The van der Waals surface area contributed by atoms with Gasteiger partial charge < -0.3 is 9.42 Å². The van der Waals surface area contributed by atoms with Gasteiger partial charge in [-0.2, -0.15) is 10.1 Å². The van der Waals surface area contributed by atoms with E-state index in [-0.39, 0.29) is 0 Å². The number of aryl methyl sites for hydroxylation is 2. The molecule has 0 aromatic carbocycles. The van der Waals surface area contributed by atoms with E-state index >= 15 is 0 Å². The number of likely N-dealkylation sites (tertiary alicyclic amines) is 1. The summed E-state index contributed by atoms with van der Waals surface area (Å²) in [6.45, 7) is 16.2. The van der Waals surface area contributed by atoms with Crippen LogP contribution in [0.2, 0.25) is 5.02 Å². The summed E-state index contributed by atoms with van der Waals surface area (Å²) in [7, 11) is 0. The molecule has 168 valence electrons. The van der Waals surface area contributed by atoms with Crippen LogP contribution in [0.4, 0.5) is 0 Å². The maximum atomic E-state index is 6.49. The van der Waals surface area contributed by atoms with E-state index in [2.05, 4.69) is 52.7 Å². The first-order valence-corrected chi connectivity index (χ1v) is 11.8. The molecule has 0 amide bonds. The third-order valence-corrected chi connectivity index (χ3v) is 6.39. The average molecular weight is 437 g/mol. The first-order valence-electron chi connectivity index (χ1n) is 11.4. The summed E-state index contributed by atoms with van der Waals surface area (Å²) in [5.41, 5.74) is 1.62. The van der Waals surface area contributed by atoms with Crippen molar-refractivity contribution in [2.45, 2.75) is 91.9 Å². The van der Waals surface area contributed by atoms with Crippen LogP contribution in [0.5, 0.6) is 0 Å². The molecule has 1 fully saturated rings. The number of nitrogens with zero attached hydrogens (tertiary/aromatic N) is 6. The number of halogens is 1. The first kappa shape index (κ1) is 23.2. The molecule has 2 aliphatic rings. The van der Waals surface area contributed by atoms with Gasteiger partial charge in [-0.25, -0.2) is 0 Å². The molecule has 0 saturated carbocycles. The monoisotopic (exact) mass is 436 g/mol. The van der Waals surface area contributed by atoms with Crippen molar-refractivity contribution in [1.82, 2.24) is 29.7 Å². The molecule has 2 aromatic rings. The molecule has 30 heavy (non-hydrogen) atoms. The minimum atomic E-state index is 0.393. The Hall–Kier alpha value is -1.44. The minimum Gasteiger partial charge on any atom is -0.332 e. The lowest BCUT2D eigenvalue weighted by molar-refractivity contribution is 0.216. The number of aromatic nitrogens is 4. The SMILES string of the molecule is CC(C)N1CCCCCC1.Cc1noc(-c2nn3c(c2Cl)CN(C(C)C)CCC3)n1. The van der Waals surface area contributed by atoms with Crippen molar-refractivity contribution < 1.29 is 4.52 Å². The topological polar surface area (TPSA) is 63.2 Å². The number of hydrogen-bond acceptors (Lipinski definition) is 6. The van der Waals surface area contributed by atoms with Gasteiger partial charge in [-0.1, -0.05) is 29.6 Å². The fraction of sp³-hybridized carbons (Fsp3) is 0.773. The van der Waals surface area contributed by atoms with Gasteiger partial charge in [0.15, 0.2) is 11.5 Å². The zero-order valence-electron chi connectivity index (χ0n) is 19.2. The van der Waals surface area contributed by atoms with Gasteiger partial charge in [-0.05, 0) is 67.0 Å². The van der Waals surface area contributed by atoms with Gasteiger partial charge in [0.2, 0.25) is 0 Å². The van der Waals surface area contributed by atoms with Gasteiger partial charge in [-0.15, -0.1) is 0 Å². The quantitative estimate of drug-likeness (QED) is 0.689. The third-order valence-electron chi connectivity index (χ3n) is 5.99. The Morgan fingerprint density at radius 1 is 0.867 bits per heavy atom. The molecule has 2 aromatic heterocycles. The lowest BCUT2D eigenvalue weighted by Crippen LogP contribution is -2.31. The molecule has 4 heterocycles. The fourth-order valence-electron chi connectivity index (χ4n) is 4.09. The Morgan fingerprint density at radius 2 is 1.50 bits per heavy atom. The van der Waals surface area contributed by atoms with Gasteiger partial charge in [0.25, 0.3) is 5.89 Å². The summed E-state index contributed by atoms with van der Waals surface area (Å²) in [5.74, 6) is 0.979. The molecule has 0 atom stereocenters. The lowest BCUT2D eigenvalue weighted by Gasteiger charge is -2.23. The van der Waals surface area contributed by atoms with Crippen LogP contribution in [0, 0.1) is 6.92 Å². The lowest BCUT2D eigenvalue weighted by atomic mass is 10.2. The second-order valence-corrected chi connectivity index (χ2v) is 9.32. The predicted octanol–water partition coefficient (Wildman–Crippen LogP) is 4.78. The summed E-state index contributed by atoms with van der Waals surface area (Å²) in [5, 5.41) is 8.97. The van der Waals surface area contributed by atoms with E-state index in [9.17, 15) is 0 Å². The van der Waals surface area contributed by atoms with Gasteiger partial charge >= 0.3 is 0 Å². The highest BCUT2D eigenvalue weighted by atomic mass is 35.5. The number of fused-ring (bicyclic) bond motifs is 1. The van der Waals surface area contributed by atoms with Gasteiger partial charge in [0.05, 0.1) is 10.7 Å². The molecule has 0 bridgehead atoms. The molecule has 8 heteroatoms. The molecule has 7 nitrogen and oxygen atoms in total. The fourth-order valence-corrected chi connectivity index (χ4v) is 4.36. The van der Waals surface area contributed by atoms with E-state index in [1.165, 1.54) is 38.8 Å². The van der Waals surface area contributed by atoms with Crippen molar-refractivity contribution >= 4 is 11.6 Å². The molecule has 1 saturated heterocycles. The summed E-state index contributed by atoms with van der Waals surface area (Å²) < 4.78 is 7.15. The standard InChI is InChI=1S/C13H18ClN5O.C9H19N/c1-8(2)18-5-4-6-19-10(7-18)11(14)12(16-19)13-15-9(3)17-20-13;1-9(2)10-7-5-3-4-6-8-10/h8H,4-7H2,1-3H3;9H,3-8H2,1-2H3. The van der Waals surface area contributed by atoms with Crippen LogP contribution >= 0.6 is 11.6 Å². The second-order valence-electron chi connectivity index (χ2n) is 8.94. The maximum absolute atomic E-state index is 6.49. The van der Waals surface area contributed by atoms with Crippen molar-refractivity contribution in [2.75, 3.05) is 19.6 Å². The molecule has 0 aliphatic carbocycles. The van der Waals surface area contributed by atoms with Crippen LogP contribution < -0.4 is 0 Å². The highest BCUT2D eigenvalue weighted by Gasteiger charge is 2.25. The smallest absolute Gasteiger partial charge is 0.279 e. The maximum Gasteiger partial charge on any atom is 0.279 e. The van der Waals surface area contributed by atoms with Crippen molar-refractivity contribution in [3.05, 3.63) is 16.5 Å². The Kier molecular flexibility index (Phi) is 8.31. The van der Waals surface area contributed by atoms with Crippen molar-refractivity contribution in [3.63, 3.8) is 0 Å². The highest BCUT2D eigenvalue weighted by molar-refractivity contribution is 6.33. The summed E-state index contributed by atoms with van der Waals surface area (Å²) in [4.78, 5) is 9.20. The van der Waals surface area contributed by atoms with E-state index < -0.39 is 0 Å². The third kappa shape index (κ3) is 5.83. The largest absolute Gasteiger partial charge is 0.332 e. The van der Waals surface area contributed by atoms with E-state index in [1.807, 2.05) is 4.68 Å². The highest BCUT2D eigenvalue weighted by Crippen LogP contribution is 2.31. The molecule has 0 spiro atoms. The molecule has 4 rings (SSSR count). The summed E-state index contributed by atoms with van der Waals surface area (Å²) >= 11 is 6.49. The Morgan fingerprint density at radius 3 is 2.07 bits per heavy atom. The van der Waals surface area contributed by atoms with Gasteiger partial charge in [0.1, 0.15) is 0 Å². The zero-order valence-corrected chi connectivity index (χ0v) is 20.0. The van der Waals surface area contributed by atoms with Crippen LogP contribution in [0.3, 0.4) is 0 Å². The van der Waals surface area contributed by atoms with Gasteiger partial charge in [-0.3, -0.25) is 9.58 Å². The molecular weight excluding hydrogens is 400 g/mol. The molecule has 0 unspecified atom stereocenters. The van der Waals surface area contributed by atoms with E-state index in [4.69, 9.17) is 16.1 Å². The summed E-state index contributed by atoms with van der Waals surface area (Å²) in [6.07, 6.45) is 6.79. The summed E-state index contributed by atoms with van der Waals surface area (Å²) in [6, 6.07) is 1.25. The molecular formula is C22H37ClN6O. The van der Waals surface area contributed by atoms with Crippen LogP contribution in [0.15, 0.2) is 4.52 Å². The minimum absolute atomic E-state index is 0.393.